The topological polar surface area (TPSA) is 98.3 Å². The lowest BCUT2D eigenvalue weighted by atomic mass is 10.2. The highest BCUT2D eigenvalue weighted by Crippen LogP contribution is 2.11. The molecule has 1 aromatic heterocycles. The molecule has 1 aliphatic heterocycles. The highest BCUT2D eigenvalue weighted by atomic mass is 16.4. The predicted octanol–water partition coefficient (Wildman–Crippen LogP) is -1.38. The molecular weight excluding hydrogens is 236 g/mol. The summed E-state index contributed by atoms with van der Waals surface area (Å²) < 4.78 is 0. The summed E-state index contributed by atoms with van der Waals surface area (Å²) in [6, 6.07) is 0.677. The molecule has 0 aliphatic carbocycles. The number of aromatic nitrogens is 2. The lowest BCUT2D eigenvalue weighted by Crippen LogP contribution is -2.57. The number of nitrogens with zero attached hydrogens (tertiary/aromatic N) is 3. The molecule has 0 fully saturated rings. The number of carbonyl (C=O) groups is 2. The van der Waals surface area contributed by atoms with E-state index in [0.717, 1.165) is 11.1 Å². The summed E-state index contributed by atoms with van der Waals surface area (Å²) in [5.41, 5.74) is 3.86. The van der Waals surface area contributed by atoms with E-state index in [9.17, 15) is 14.7 Å². The van der Waals surface area contributed by atoms with E-state index in [-0.39, 0.29) is 5.95 Å². The maximum absolute atomic E-state index is 11.7. The van der Waals surface area contributed by atoms with Crippen molar-refractivity contribution in [2.24, 2.45) is 0 Å². The van der Waals surface area contributed by atoms with Crippen molar-refractivity contribution in [3.63, 3.8) is 0 Å². The van der Waals surface area contributed by atoms with Gasteiger partial charge in [-0.2, -0.15) is 0 Å². The number of carbonyl (C=O) groups excluding carboxylic acids is 2. The molecule has 2 heterocycles. The van der Waals surface area contributed by atoms with Crippen LogP contribution in [0.2, 0.25) is 0 Å². The van der Waals surface area contributed by atoms with Gasteiger partial charge in [-0.15, -0.1) is 0 Å². The zero-order valence-corrected chi connectivity index (χ0v) is 9.88. The number of rotatable bonds is 2. The Morgan fingerprint density at radius 1 is 1.39 bits per heavy atom. The largest absolute Gasteiger partial charge is 0.548 e. The lowest BCUT2D eigenvalue weighted by molar-refractivity contribution is -0.307. The van der Waals surface area contributed by atoms with Crippen molar-refractivity contribution in [3.05, 3.63) is 29.6 Å². The van der Waals surface area contributed by atoms with Crippen molar-refractivity contribution in [2.45, 2.75) is 19.9 Å². The van der Waals surface area contributed by atoms with E-state index in [2.05, 4.69) is 15.4 Å². The number of carboxylic acids is 1. The third-order valence-corrected chi connectivity index (χ3v) is 2.34. The Bertz CT molecular complexity index is 521. The number of aliphatic carboxylic acids is 1. The molecule has 1 aromatic rings. The van der Waals surface area contributed by atoms with Crippen molar-refractivity contribution in [3.8, 4) is 0 Å². The molecule has 94 valence electrons. The first-order valence-corrected chi connectivity index (χ1v) is 5.29. The normalized spacial score (nSPS) is 19.1. The molecule has 0 spiro atoms. The molecule has 1 amide bonds. The Morgan fingerprint density at radius 2 is 2.00 bits per heavy atom. The van der Waals surface area contributed by atoms with E-state index in [1.807, 2.05) is 0 Å². The smallest absolute Gasteiger partial charge is 0.267 e. The van der Waals surface area contributed by atoms with Crippen LogP contribution in [0.1, 0.15) is 11.4 Å². The fourth-order valence-electron chi connectivity index (χ4n) is 1.59. The van der Waals surface area contributed by atoms with Crippen LogP contribution in [0.15, 0.2) is 18.2 Å². The maximum Gasteiger partial charge on any atom is 0.267 e. The van der Waals surface area contributed by atoms with Gasteiger partial charge in [-0.1, -0.05) is 6.08 Å². The van der Waals surface area contributed by atoms with Gasteiger partial charge in [-0.25, -0.2) is 20.4 Å². The summed E-state index contributed by atoms with van der Waals surface area (Å²) in [5, 5.41) is 11.8. The van der Waals surface area contributed by atoms with Gasteiger partial charge in [0.25, 0.3) is 5.91 Å². The average molecular weight is 247 g/mol. The first kappa shape index (κ1) is 12.2. The number of hydrogen-bond donors (Lipinski definition) is 1. The van der Waals surface area contributed by atoms with Crippen LogP contribution < -0.4 is 15.5 Å². The lowest BCUT2D eigenvalue weighted by Gasteiger charge is -2.29. The minimum Gasteiger partial charge on any atom is -0.548 e. The monoisotopic (exact) mass is 247 g/mol. The van der Waals surface area contributed by atoms with Crippen LogP contribution in [0.4, 0.5) is 5.95 Å². The summed E-state index contributed by atoms with van der Waals surface area (Å²) in [6.45, 7) is 3.53. The molecule has 0 aromatic carbocycles. The molecule has 1 aliphatic rings. The molecule has 0 radical (unpaired) electrons. The summed E-state index contributed by atoms with van der Waals surface area (Å²) in [5.74, 6) is -1.64. The number of carboxylic acid groups (broad SMARTS) is 1. The minimum absolute atomic E-state index is 0.119. The third-order valence-electron chi connectivity index (χ3n) is 2.34. The molecule has 1 atom stereocenters. The minimum atomic E-state index is -1.33. The maximum atomic E-state index is 11.7. The highest BCUT2D eigenvalue weighted by molar-refractivity contribution is 6.01. The number of hydrazine groups is 1. The van der Waals surface area contributed by atoms with Crippen LogP contribution in [0.3, 0.4) is 0 Å². The number of hydrogen-bond acceptors (Lipinski definition) is 6. The van der Waals surface area contributed by atoms with Gasteiger partial charge in [0, 0.05) is 17.5 Å². The van der Waals surface area contributed by atoms with Gasteiger partial charge in [0.15, 0.2) is 0 Å². The number of amides is 1. The van der Waals surface area contributed by atoms with Gasteiger partial charge >= 0.3 is 0 Å². The standard InChI is InChI=1S/C11H12N4O3/c1-6-5-7(2)13-11(12-6)15-9(16)4-3-8(14-15)10(17)18/h3-5,8,14H,1-2H3,(H,17,18)/p-1/t8-/m1/s1. The SMILES string of the molecule is Cc1cc(C)nc(N2N[C@@H](C(=O)[O-])C=CC2=O)n1. The summed E-state index contributed by atoms with van der Waals surface area (Å²) in [7, 11) is 0. The van der Waals surface area contributed by atoms with E-state index >= 15 is 0 Å². The molecule has 1 N–H and O–H groups in total. The van der Waals surface area contributed by atoms with Crippen LogP contribution >= 0.6 is 0 Å². The second-order valence-corrected chi connectivity index (χ2v) is 3.91. The Morgan fingerprint density at radius 3 is 2.56 bits per heavy atom. The van der Waals surface area contributed by atoms with Gasteiger partial charge in [0.1, 0.15) is 0 Å². The van der Waals surface area contributed by atoms with Crippen molar-refractivity contribution in [2.75, 3.05) is 5.01 Å². The van der Waals surface area contributed by atoms with E-state index < -0.39 is 17.9 Å². The fourth-order valence-corrected chi connectivity index (χ4v) is 1.59. The summed E-state index contributed by atoms with van der Waals surface area (Å²) in [4.78, 5) is 30.6. The Labute approximate surface area is 103 Å². The molecule has 0 unspecified atom stereocenters. The van der Waals surface area contributed by atoms with E-state index in [4.69, 9.17) is 0 Å². The molecular formula is C11H11N4O3-. The van der Waals surface area contributed by atoms with Crippen molar-refractivity contribution < 1.29 is 14.7 Å². The van der Waals surface area contributed by atoms with Crippen LogP contribution in [0, 0.1) is 13.8 Å². The molecule has 7 heteroatoms. The molecule has 18 heavy (non-hydrogen) atoms. The van der Waals surface area contributed by atoms with Crippen LogP contribution in [-0.2, 0) is 9.59 Å². The first-order chi connectivity index (χ1) is 8.47. The van der Waals surface area contributed by atoms with Gasteiger partial charge in [-0.3, -0.25) is 4.79 Å². The molecule has 0 saturated carbocycles. The molecule has 7 nitrogen and oxygen atoms in total. The zero-order valence-electron chi connectivity index (χ0n) is 9.88. The Kier molecular flexibility index (Phi) is 3.07. The van der Waals surface area contributed by atoms with Crippen molar-refractivity contribution in [1.29, 1.82) is 0 Å². The quantitative estimate of drug-likeness (QED) is 0.691. The van der Waals surface area contributed by atoms with Gasteiger partial charge in [0.05, 0.1) is 12.0 Å². The summed E-state index contributed by atoms with van der Waals surface area (Å²) >= 11 is 0. The van der Waals surface area contributed by atoms with E-state index in [0.29, 0.717) is 11.4 Å². The van der Waals surface area contributed by atoms with E-state index in [1.165, 1.54) is 6.08 Å². The molecule has 2 rings (SSSR count). The Balaban J connectivity index is 2.35. The van der Waals surface area contributed by atoms with Gasteiger partial charge in [-0.05, 0) is 19.9 Å². The van der Waals surface area contributed by atoms with E-state index in [1.54, 1.807) is 19.9 Å². The third kappa shape index (κ3) is 2.35. The Hall–Kier alpha value is -2.28. The van der Waals surface area contributed by atoms with Crippen molar-refractivity contribution in [1.82, 2.24) is 15.4 Å². The fraction of sp³-hybridized carbons (Fsp3) is 0.273. The van der Waals surface area contributed by atoms with Gasteiger partial charge in [0.2, 0.25) is 5.95 Å². The zero-order chi connectivity index (χ0) is 13.3. The number of nitrogens with one attached hydrogen (secondary N) is 1. The number of aryl methyl sites for hydroxylation is 2. The van der Waals surface area contributed by atoms with Crippen LogP contribution in [-0.4, -0.2) is 27.9 Å². The molecule has 0 bridgehead atoms. The summed E-state index contributed by atoms with van der Waals surface area (Å²) in [6.07, 6.45) is 2.37. The second kappa shape index (κ2) is 4.53. The highest BCUT2D eigenvalue weighted by Gasteiger charge is 2.24. The number of anilines is 1. The second-order valence-electron chi connectivity index (χ2n) is 3.91. The average Bonchev–Trinajstić information content (AvgIpc) is 2.27. The van der Waals surface area contributed by atoms with Crippen molar-refractivity contribution >= 4 is 17.8 Å². The van der Waals surface area contributed by atoms with Gasteiger partial charge < -0.3 is 9.90 Å². The first-order valence-electron chi connectivity index (χ1n) is 5.29. The van der Waals surface area contributed by atoms with Crippen LogP contribution in [0.25, 0.3) is 0 Å². The van der Waals surface area contributed by atoms with Crippen LogP contribution in [0.5, 0.6) is 0 Å². The predicted molar refractivity (Wildman–Crippen MR) is 60.1 cm³/mol. The molecule has 0 saturated heterocycles.